The van der Waals surface area contributed by atoms with Crippen LogP contribution in [0.4, 0.5) is 19.3 Å². The third kappa shape index (κ3) is 4.58. The third-order valence-corrected chi connectivity index (χ3v) is 4.89. The summed E-state index contributed by atoms with van der Waals surface area (Å²) < 4.78 is 27.7. The number of aryl methyl sites for hydroxylation is 2. The number of anilines is 1. The van der Waals surface area contributed by atoms with E-state index in [-0.39, 0.29) is 24.3 Å². The number of halogens is 2. The van der Waals surface area contributed by atoms with Crippen molar-refractivity contribution in [2.45, 2.75) is 20.4 Å². The fraction of sp³-hybridized carbons (Fsp3) is 0.222. The lowest BCUT2D eigenvalue weighted by Gasteiger charge is -2.10. The van der Waals surface area contributed by atoms with Crippen LogP contribution in [-0.4, -0.2) is 27.3 Å². The third-order valence-electron chi connectivity index (χ3n) is 3.79. The molecule has 0 saturated heterocycles. The second-order valence-electron chi connectivity index (χ2n) is 5.93. The first-order chi connectivity index (χ1) is 13.3. The van der Waals surface area contributed by atoms with Crippen LogP contribution >= 0.6 is 11.3 Å². The van der Waals surface area contributed by atoms with E-state index in [9.17, 15) is 18.4 Å². The number of aromatic nitrogens is 3. The number of amides is 2. The SMILES string of the molecule is Cc1nc(C)c(-c2ccc(=O)n(CCNC(=O)Nc3ccc(F)cc3F)n2)s1. The summed E-state index contributed by atoms with van der Waals surface area (Å²) in [6.07, 6.45) is 0. The smallest absolute Gasteiger partial charge is 0.319 e. The maximum absolute atomic E-state index is 13.5. The van der Waals surface area contributed by atoms with Crippen LogP contribution in [0.2, 0.25) is 0 Å². The minimum absolute atomic E-state index is 0.0890. The molecule has 146 valence electrons. The van der Waals surface area contributed by atoms with Crippen molar-refractivity contribution in [3.63, 3.8) is 0 Å². The summed E-state index contributed by atoms with van der Waals surface area (Å²) in [5.74, 6) is -1.61. The molecule has 0 saturated carbocycles. The summed E-state index contributed by atoms with van der Waals surface area (Å²) in [7, 11) is 0. The predicted octanol–water partition coefficient (Wildman–Crippen LogP) is 3.08. The topological polar surface area (TPSA) is 88.9 Å². The number of carbonyl (C=O) groups is 1. The molecule has 0 aliphatic carbocycles. The highest BCUT2D eigenvalue weighted by Gasteiger charge is 2.11. The number of thiazole rings is 1. The summed E-state index contributed by atoms with van der Waals surface area (Å²) in [6.45, 7) is 3.98. The van der Waals surface area contributed by atoms with Gasteiger partial charge in [-0.25, -0.2) is 23.2 Å². The summed E-state index contributed by atoms with van der Waals surface area (Å²) in [4.78, 5) is 29.1. The van der Waals surface area contributed by atoms with Crippen molar-refractivity contribution in [1.82, 2.24) is 20.1 Å². The molecule has 0 radical (unpaired) electrons. The quantitative estimate of drug-likeness (QED) is 0.683. The van der Waals surface area contributed by atoms with Crippen LogP contribution in [0.15, 0.2) is 35.1 Å². The van der Waals surface area contributed by atoms with Gasteiger partial charge in [0.25, 0.3) is 5.56 Å². The Morgan fingerprint density at radius 1 is 1.21 bits per heavy atom. The zero-order valence-corrected chi connectivity index (χ0v) is 15.9. The maximum Gasteiger partial charge on any atom is 0.319 e. The van der Waals surface area contributed by atoms with Crippen LogP contribution in [0, 0.1) is 25.5 Å². The maximum atomic E-state index is 13.5. The zero-order chi connectivity index (χ0) is 20.3. The van der Waals surface area contributed by atoms with Gasteiger partial charge in [-0.1, -0.05) is 0 Å². The lowest BCUT2D eigenvalue weighted by molar-refractivity contribution is 0.251. The van der Waals surface area contributed by atoms with Gasteiger partial charge in [0.1, 0.15) is 17.3 Å². The average molecular weight is 405 g/mol. The molecule has 0 bridgehead atoms. The Kier molecular flexibility index (Phi) is 5.78. The van der Waals surface area contributed by atoms with Gasteiger partial charge in [-0.15, -0.1) is 11.3 Å². The molecule has 0 atom stereocenters. The van der Waals surface area contributed by atoms with Crippen LogP contribution < -0.4 is 16.2 Å². The first-order valence-electron chi connectivity index (χ1n) is 8.36. The summed E-state index contributed by atoms with van der Waals surface area (Å²) >= 11 is 1.48. The van der Waals surface area contributed by atoms with E-state index in [0.717, 1.165) is 27.7 Å². The van der Waals surface area contributed by atoms with Crippen molar-refractivity contribution in [3.8, 4) is 10.6 Å². The normalized spacial score (nSPS) is 10.7. The monoisotopic (exact) mass is 405 g/mol. The van der Waals surface area contributed by atoms with E-state index in [1.807, 2.05) is 13.8 Å². The van der Waals surface area contributed by atoms with Gasteiger partial charge in [-0.2, -0.15) is 5.10 Å². The summed E-state index contributed by atoms with van der Waals surface area (Å²) in [5, 5.41) is 10.0. The van der Waals surface area contributed by atoms with E-state index in [1.54, 1.807) is 6.07 Å². The van der Waals surface area contributed by atoms with E-state index in [2.05, 4.69) is 20.7 Å². The minimum Gasteiger partial charge on any atom is -0.336 e. The van der Waals surface area contributed by atoms with Gasteiger partial charge in [-0.3, -0.25) is 4.79 Å². The molecule has 2 heterocycles. The van der Waals surface area contributed by atoms with Crippen molar-refractivity contribution in [2.24, 2.45) is 0 Å². The Labute approximate surface area is 163 Å². The second kappa shape index (κ2) is 8.26. The highest BCUT2D eigenvalue weighted by Crippen LogP contribution is 2.27. The van der Waals surface area contributed by atoms with Crippen LogP contribution in [0.1, 0.15) is 10.7 Å². The summed E-state index contributed by atoms with van der Waals surface area (Å²) in [5.41, 5.74) is 1.00. The molecule has 10 heteroatoms. The van der Waals surface area contributed by atoms with Gasteiger partial charge in [0, 0.05) is 18.7 Å². The van der Waals surface area contributed by atoms with Crippen molar-refractivity contribution < 1.29 is 13.6 Å². The zero-order valence-electron chi connectivity index (χ0n) is 15.1. The van der Waals surface area contributed by atoms with Gasteiger partial charge in [0.05, 0.1) is 27.8 Å². The lowest BCUT2D eigenvalue weighted by Crippen LogP contribution is -2.34. The molecule has 7 nitrogen and oxygen atoms in total. The van der Waals surface area contributed by atoms with Gasteiger partial charge < -0.3 is 10.6 Å². The Hall–Kier alpha value is -3.14. The van der Waals surface area contributed by atoms with Crippen LogP contribution in [-0.2, 0) is 6.54 Å². The fourth-order valence-corrected chi connectivity index (χ4v) is 3.42. The number of hydrogen-bond acceptors (Lipinski definition) is 5. The van der Waals surface area contributed by atoms with Crippen molar-refractivity contribution in [1.29, 1.82) is 0 Å². The first-order valence-corrected chi connectivity index (χ1v) is 9.17. The van der Waals surface area contributed by atoms with Crippen LogP contribution in [0.3, 0.4) is 0 Å². The molecule has 3 rings (SSSR count). The van der Waals surface area contributed by atoms with Crippen LogP contribution in [0.25, 0.3) is 10.6 Å². The Balaban J connectivity index is 1.63. The molecule has 0 unspecified atom stereocenters. The number of nitrogens with one attached hydrogen (secondary N) is 2. The highest BCUT2D eigenvalue weighted by atomic mass is 32.1. The molecule has 2 amide bonds. The Morgan fingerprint density at radius 2 is 2.00 bits per heavy atom. The number of hydrogen-bond donors (Lipinski definition) is 2. The summed E-state index contributed by atoms with van der Waals surface area (Å²) in [6, 6.07) is 5.20. The Morgan fingerprint density at radius 3 is 2.68 bits per heavy atom. The van der Waals surface area contributed by atoms with Gasteiger partial charge >= 0.3 is 6.03 Å². The molecule has 1 aromatic carbocycles. The van der Waals surface area contributed by atoms with Crippen molar-refractivity contribution in [2.75, 3.05) is 11.9 Å². The molecule has 28 heavy (non-hydrogen) atoms. The van der Waals surface area contributed by atoms with Gasteiger partial charge in [0.2, 0.25) is 0 Å². The van der Waals surface area contributed by atoms with E-state index < -0.39 is 17.7 Å². The predicted molar refractivity (Wildman–Crippen MR) is 102 cm³/mol. The largest absolute Gasteiger partial charge is 0.336 e. The molecule has 0 aliphatic heterocycles. The average Bonchev–Trinajstić information content (AvgIpc) is 2.97. The number of rotatable bonds is 5. The molecule has 0 fully saturated rings. The first kappa shape index (κ1) is 19.6. The molecule has 3 aromatic rings. The number of benzene rings is 1. The molecule has 2 aromatic heterocycles. The molecule has 0 spiro atoms. The number of carbonyl (C=O) groups excluding carboxylic acids is 1. The van der Waals surface area contributed by atoms with E-state index in [1.165, 1.54) is 22.1 Å². The number of nitrogens with zero attached hydrogens (tertiary/aromatic N) is 3. The molecular formula is C18H17F2N5O2S. The molecule has 2 N–H and O–H groups in total. The van der Waals surface area contributed by atoms with Gasteiger partial charge in [-0.05, 0) is 32.0 Å². The van der Waals surface area contributed by atoms with Gasteiger partial charge in [0.15, 0.2) is 0 Å². The van der Waals surface area contributed by atoms with Crippen molar-refractivity contribution in [3.05, 3.63) is 63.0 Å². The number of urea groups is 1. The van der Waals surface area contributed by atoms with Crippen molar-refractivity contribution >= 4 is 23.1 Å². The fourth-order valence-electron chi connectivity index (χ4n) is 2.53. The standard InChI is InChI=1S/C18H17F2N5O2S/c1-10-17(28-11(2)22-10)15-5-6-16(26)25(24-15)8-7-21-18(27)23-14-4-3-12(19)9-13(14)20/h3-6,9H,7-8H2,1-2H3,(H2,21,23,27). The van der Waals surface area contributed by atoms with E-state index in [4.69, 9.17) is 0 Å². The second-order valence-corrected chi connectivity index (χ2v) is 7.14. The van der Waals surface area contributed by atoms with Crippen LogP contribution in [0.5, 0.6) is 0 Å². The molecular weight excluding hydrogens is 388 g/mol. The Bertz CT molecular complexity index is 1080. The van der Waals surface area contributed by atoms with E-state index in [0.29, 0.717) is 11.8 Å². The lowest BCUT2D eigenvalue weighted by atomic mass is 10.3. The highest BCUT2D eigenvalue weighted by molar-refractivity contribution is 7.15. The van der Waals surface area contributed by atoms with E-state index >= 15 is 0 Å². The minimum atomic E-state index is -0.879. The molecule has 0 aliphatic rings.